The number of aromatic carboxylic acids is 1. The van der Waals surface area contributed by atoms with Crippen molar-refractivity contribution in [3.8, 4) is 0 Å². The lowest BCUT2D eigenvalue weighted by molar-refractivity contribution is -0.148. The molecule has 2 N–H and O–H groups in total. The van der Waals surface area contributed by atoms with Gasteiger partial charge in [-0.2, -0.15) is 8.78 Å². The monoisotopic (exact) mass is 479 g/mol. The molecule has 1 amide bonds. The van der Waals surface area contributed by atoms with Crippen LogP contribution in [0.4, 0.5) is 8.78 Å². The number of likely N-dealkylation sites (tertiary alicyclic amines) is 1. The number of carboxylic acid groups (broad SMARTS) is 1. The predicted octanol–water partition coefficient (Wildman–Crippen LogP) is 5.17. The van der Waals surface area contributed by atoms with Gasteiger partial charge in [0.25, 0.3) is 5.91 Å². The quantitative estimate of drug-likeness (QED) is 0.389. The molecule has 2 aromatic rings. The minimum absolute atomic E-state index is 0.235. The second-order valence-electron chi connectivity index (χ2n) is 8.70. The maximum atomic E-state index is 14.1. The first-order chi connectivity index (χ1) is 15.8. The van der Waals surface area contributed by atoms with Crippen LogP contribution < -0.4 is 0 Å². The number of nitrogens with zero attached hydrogens (tertiary/aromatic N) is 1. The van der Waals surface area contributed by atoms with Crippen LogP contribution in [-0.4, -0.2) is 51.6 Å². The van der Waals surface area contributed by atoms with Gasteiger partial charge in [0, 0.05) is 23.9 Å². The molecule has 180 valence electrons. The number of aliphatic hydroxyl groups excluding tert-OH is 1. The largest absolute Gasteiger partial charge is 0.477 e. The predicted molar refractivity (Wildman–Crippen MR) is 124 cm³/mol. The van der Waals surface area contributed by atoms with E-state index in [-0.39, 0.29) is 11.4 Å². The number of aryl methyl sites for hydroxylation is 2. The highest BCUT2D eigenvalue weighted by Crippen LogP contribution is 2.36. The Hall–Kier alpha value is -2.32. The van der Waals surface area contributed by atoms with Crippen molar-refractivity contribution >= 4 is 23.2 Å². The zero-order valence-corrected chi connectivity index (χ0v) is 19.4. The summed E-state index contributed by atoms with van der Waals surface area (Å²) in [5.74, 6) is -5.40. The summed E-state index contributed by atoms with van der Waals surface area (Å²) in [5, 5.41) is 19.2. The highest BCUT2D eigenvalue weighted by atomic mass is 32.1. The van der Waals surface area contributed by atoms with E-state index in [1.807, 2.05) is 30.3 Å². The first-order valence-corrected chi connectivity index (χ1v) is 12.3. The van der Waals surface area contributed by atoms with Gasteiger partial charge in [0.15, 0.2) is 0 Å². The van der Waals surface area contributed by atoms with E-state index in [0.717, 1.165) is 17.7 Å². The average molecular weight is 480 g/mol. The molecule has 0 aliphatic carbocycles. The summed E-state index contributed by atoms with van der Waals surface area (Å²) >= 11 is 1.17. The highest BCUT2D eigenvalue weighted by Gasteiger charge is 2.52. The highest BCUT2D eigenvalue weighted by molar-refractivity contribution is 7.13. The van der Waals surface area contributed by atoms with Crippen molar-refractivity contribution in [2.45, 2.75) is 75.9 Å². The topological polar surface area (TPSA) is 77.8 Å². The van der Waals surface area contributed by atoms with Gasteiger partial charge in [0.05, 0.1) is 6.10 Å². The number of amides is 1. The Labute approximate surface area is 197 Å². The molecule has 1 fully saturated rings. The summed E-state index contributed by atoms with van der Waals surface area (Å²) in [6, 6.07) is 12.7. The van der Waals surface area contributed by atoms with Crippen molar-refractivity contribution in [2.24, 2.45) is 0 Å². The Kier molecular flexibility index (Phi) is 8.97. The number of carboxylic acids is 1. The average Bonchev–Trinajstić information content (AvgIpc) is 3.34. The maximum absolute atomic E-state index is 14.1. The first kappa shape index (κ1) is 25.3. The van der Waals surface area contributed by atoms with E-state index in [9.17, 15) is 23.5 Å². The second kappa shape index (κ2) is 11.7. The number of halogens is 2. The Morgan fingerprint density at radius 1 is 1.09 bits per heavy atom. The molecule has 2 atom stereocenters. The summed E-state index contributed by atoms with van der Waals surface area (Å²) in [6.45, 7) is 0.235. The number of carbonyl (C=O) groups is 2. The molecule has 2 heterocycles. The molecule has 1 aromatic carbocycles. The molecule has 2 unspecified atom stereocenters. The summed E-state index contributed by atoms with van der Waals surface area (Å²) in [6.07, 6.45) is 4.18. The molecule has 1 saturated heterocycles. The zero-order valence-electron chi connectivity index (χ0n) is 18.6. The molecule has 8 heteroatoms. The summed E-state index contributed by atoms with van der Waals surface area (Å²) in [5.41, 5.74) is 1.18. The van der Waals surface area contributed by atoms with Crippen molar-refractivity contribution < 1.29 is 28.6 Å². The Morgan fingerprint density at radius 3 is 2.55 bits per heavy atom. The number of benzene rings is 1. The lowest BCUT2D eigenvalue weighted by atomic mass is 10.0. The van der Waals surface area contributed by atoms with E-state index in [1.165, 1.54) is 27.9 Å². The van der Waals surface area contributed by atoms with Gasteiger partial charge in [-0.1, -0.05) is 43.2 Å². The number of hydrogen-bond acceptors (Lipinski definition) is 4. The van der Waals surface area contributed by atoms with Gasteiger partial charge in [0.2, 0.25) is 0 Å². The fraction of sp³-hybridized carbons (Fsp3) is 0.520. The number of rotatable bonds is 13. The minimum atomic E-state index is -3.32. The van der Waals surface area contributed by atoms with Crippen molar-refractivity contribution in [3.63, 3.8) is 0 Å². The first-order valence-electron chi connectivity index (χ1n) is 11.5. The van der Waals surface area contributed by atoms with Crippen LogP contribution in [0.15, 0.2) is 42.5 Å². The van der Waals surface area contributed by atoms with E-state index in [4.69, 9.17) is 5.11 Å². The van der Waals surface area contributed by atoms with Gasteiger partial charge in [-0.05, 0) is 56.2 Å². The van der Waals surface area contributed by atoms with Crippen LogP contribution in [0, 0.1) is 0 Å². The smallest absolute Gasteiger partial charge is 0.345 e. The van der Waals surface area contributed by atoms with E-state index in [2.05, 4.69) is 0 Å². The van der Waals surface area contributed by atoms with Crippen LogP contribution in [0.25, 0.3) is 0 Å². The van der Waals surface area contributed by atoms with Crippen LogP contribution >= 0.6 is 11.3 Å². The third-order valence-corrected chi connectivity index (χ3v) is 7.27. The minimum Gasteiger partial charge on any atom is -0.477 e. The number of carbonyl (C=O) groups excluding carboxylic acids is 1. The number of thiophene rings is 1. The van der Waals surface area contributed by atoms with Gasteiger partial charge in [-0.15, -0.1) is 11.3 Å². The molecule has 0 saturated carbocycles. The summed E-state index contributed by atoms with van der Waals surface area (Å²) in [4.78, 5) is 25.6. The molecular formula is C25H31F2NO4S. The zero-order chi connectivity index (χ0) is 23.8. The van der Waals surface area contributed by atoms with Crippen molar-refractivity contribution in [2.75, 3.05) is 6.54 Å². The molecule has 1 aliphatic rings. The van der Waals surface area contributed by atoms with Gasteiger partial charge in [0.1, 0.15) is 4.88 Å². The second-order valence-corrected chi connectivity index (χ2v) is 9.87. The van der Waals surface area contributed by atoms with Gasteiger partial charge in [-0.25, -0.2) is 4.79 Å². The van der Waals surface area contributed by atoms with E-state index < -0.39 is 36.4 Å². The van der Waals surface area contributed by atoms with E-state index in [1.54, 1.807) is 6.07 Å². The number of hydrogen-bond donors (Lipinski definition) is 2. The standard InChI is InChI=1S/C25H31F2NO4S/c26-25(27)17-19(9-4-5-10-20(29)13-12-18-7-2-1-3-8-18)28(24(25)32)16-6-11-21-14-15-22(33-21)23(30)31/h1-3,7-8,14-15,19-20,29H,4-6,9-13,16-17H2,(H,30,31). The van der Waals surface area contributed by atoms with Crippen LogP contribution in [0.3, 0.4) is 0 Å². The molecule has 1 aliphatic heterocycles. The summed E-state index contributed by atoms with van der Waals surface area (Å²) in [7, 11) is 0. The Balaban J connectivity index is 1.40. The third kappa shape index (κ3) is 7.33. The number of unbranched alkanes of at least 4 members (excludes halogenated alkanes) is 1. The SMILES string of the molecule is O=C(O)c1ccc(CCCN2C(=O)C(F)(F)CC2CCCCC(O)CCc2ccccc2)s1. The van der Waals surface area contributed by atoms with Gasteiger partial charge >= 0.3 is 11.9 Å². The third-order valence-electron chi connectivity index (χ3n) is 6.13. The van der Waals surface area contributed by atoms with E-state index >= 15 is 0 Å². The van der Waals surface area contributed by atoms with Crippen molar-refractivity contribution in [3.05, 3.63) is 57.8 Å². The lowest BCUT2D eigenvalue weighted by Crippen LogP contribution is -2.37. The van der Waals surface area contributed by atoms with Gasteiger partial charge in [-0.3, -0.25) is 4.79 Å². The van der Waals surface area contributed by atoms with Crippen molar-refractivity contribution in [1.82, 2.24) is 4.90 Å². The summed E-state index contributed by atoms with van der Waals surface area (Å²) < 4.78 is 28.2. The molecular weight excluding hydrogens is 448 g/mol. The fourth-order valence-electron chi connectivity index (χ4n) is 4.34. The molecule has 1 aromatic heterocycles. The van der Waals surface area contributed by atoms with Crippen LogP contribution in [0.1, 0.15) is 65.1 Å². The molecule has 0 bridgehead atoms. The number of aliphatic hydroxyl groups is 1. The van der Waals surface area contributed by atoms with Crippen LogP contribution in [0.5, 0.6) is 0 Å². The fourth-order valence-corrected chi connectivity index (χ4v) is 5.23. The molecule has 5 nitrogen and oxygen atoms in total. The molecule has 33 heavy (non-hydrogen) atoms. The van der Waals surface area contributed by atoms with E-state index in [0.29, 0.717) is 38.5 Å². The van der Waals surface area contributed by atoms with Crippen LogP contribution in [-0.2, 0) is 17.6 Å². The maximum Gasteiger partial charge on any atom is 0.345 e. The normalized spacial score (nSPS) is 18.6. The lowest BCUT2D eigenvalue weighted by Gasteiger charge is -2.24. The number of alkyl halides is 2. The van der Waals surface area contributed by atoms with Gasteiger partial charge < -0.3 is 15.1 Å². The Bertz CT molecular complexity index is 918. The molecule has 3 rings (SSSR count). The molecule has 0 spiro atoms. The molecule has 0 radical (unpaired) electrons. The van der Waals surface area contributed by atoms with Crippen LogP contribution in [0.2, 0.25) is 0 Å². The Morgan fingerprint density at radius 2 is 1.85 bits per heavy atom. The van der Waals surface area contributed by atoms with Crippen molar-refractivity contribution in [1.29, 1.82) is 0 Å².